The highest BCUT2D eigenvalue weighted by molar-refractivity contribution is 5.84. The lowest BCUT2D eigenvalue weighted by molar-refractivity contribution is -0.773. The Balaban J connectivity index is 1.72. The topological polar surface area (TPSA) is 18.0 Å². The van der Waals surface area contributed by atoms with Gasteiger partial charge in [-0.1, -0.05) is 74.4 Å². The van der Waals surface area contributed by atoms with Gasteiger partial charge in [-0.2, -0.15) is 4.57 Å². The van der Waals surface area contributed by atoms with E-state index in [0.717, 1.165) is 31.4 Å². The first-order valence-electron chi connectivity index (χ1n) is 15.2. The SMILES string of the molecule is CCC1(C)c2cccc3c2-c2n(c4cc5c(cc4[n+]2C2(CCCC2)O3)C(C)(C)C(C)(C)C5(C)C)C1(C)CC. The molecule has 2 aliphatic heterocycles. The van der Waals surface area contributed by atoms with Crippen LogP contribution in [0.15, 0.2) is 30.3 Å². The summed E-state index contributed by atoms with van der Waals surface area (Å²) in [7, 11) is 0. The van der Waals surface area contributed by atoms with Gasteiger partial charge in [0.05, 0.1) is 0 Å². The molecule has 3 heterocycles. The molecule has 0 amide bonds. The van der Waals surface area contributed by atoms with Crippen LogP contribution in [0.3, 0.4) is 0 Å². The quantitative estimate of drug-likeness (QED) is 0.315. The number of nitrogens with zero attached hydrogens (tertiary/aromatic N) is 2. The fourth-order valence-electron chi connectivity index (χ4n) is 9.35. The zero-order valence-corrected chi connectivity index (χ0v) is 25.4. The molecule has 1 saturated carbocycles. The van der Waals surface area contributed by atoms with E-state index in [2.05, 4.69) is 109 Å². The van der Waals surface area contributed by atoms with Crippen molar-refractivity contribution in [2.75, 3.05) is 0 Å². The number of fused-ring (bicyclic) bond motifs is 5. The monoisotopic (exact) mass is 511 g/mol. The first-order valence-corrected chi connectivity index (χ1v) is 15.2. The van der Waals surface area contributed by atoms with Gasteiger partial charge >= 0.3 is 0 Å². The van der Waals surface area contributed by atoms with Gasteiger partial charge in [0, 0.05) is 18.3 Å². The van der Waals surface area contributed by atoms with Crippen LogP contribution in [0.1, 0.15) is 124 Å². The molecule has 38 heavy (non-hydrogen) atoms. The maximum Gasteiger partial charge on any atom is 0.297 e. The number of imidazole rings is 1. The molecule has 3 aromatic rings. The van der Waals surface area contributed by atoms with Crippen molar-refractivity contribution >= 4 is 11.0 Å². The molecule has 0 saturated heterocycles. The van der Waals surface area contributed by atoms with Crippen molar-refractivity contribution in [2.24, 2.45) is 5.41 Å². The largest absolute Gasteiger partial charge is 0.448 e. The maximum absolute atomic E-state index is 7.19. The average Bonchev–Trinajstić information content (AvgIpc) is 3.51. The molecule has 2 aromatic carbocycles. The average molecular weight is 512 g/mol. The van der Waals surface area contributed by atoms with Crippen LogP contribution in [-0.2, 0) is 27.5 Å². The molecule has 0 N–H and O–H groups in total. The minimum Gasteiger partial charge on any atom is -0.448 e. The summed E-state index contributed by atoms with van der Waals surface area (Å²) in [6.45, 7) is 24.7. The van der Waals surface area contributed by atoms with Crippen LogP contribution in [0.25, 0.3) is 22.4 Å². The molecule has 3 nitrogen and oxygen atoms in total. The van der Waals surface area contributed by atoms with Crippen molar-refractivity contribution in [2.45, 2.75) is 135 Å². The van der Waals surface area contributed by atoms with Crippen molar-refractivity contribution in [1.82, 2.24) is 4.57 Å². The summed E-state index contributed by atoms with van der Waals surface area (Å²) in [4.78, 5) is 0. The Morgan fingerprint density at radius 1 is 0.816 bits per heavy atom. The second-order valence-electron chi connectivity index (χ2n) is 15.0. The number of aromatic nitrogens is 2. The molecule has 2 aliphatic carbocycles. The second kappa shape index (κ2) is 6.88. The molecule has 0 radical (unpaired) electrons. The smallest absolute Gasteiger partial charge is 0.297 e. The van der Waals surface area contributed by atoms with Crippen LogP contribution in [0, 0.1) is 5.41 Å². The number of hydrogen-bond donors (Lipinski definition) is 0. The maximum atomic E-state index is 7.19. The minimum absolute atomic E-state index is 0.000482. The molecular formula is C35H47N2O+. The normalized spacial score (nSPS) is 30.4. The van der Waals surface area contributed by atoms with Gasteiger partial charge in [-0.05, 0) is 83.7 Å². The number of benzene rings is 2. The molecule has 1 spiro atoms. The van der Waals surface area contributed by atoms with Crippen LogP contribution >= 0.6 is 0 Å². The summed E-state index contributed by atoms with van der Waals surface area (Å²) < 4.78 is 12.7. The molecular weight excluding hydrogens is 464 g/mol. The molecule has 1 aromatic heterocycles. The number of rotatable bonds is 2. The van der Waals surface area contributed by atoms with Crippen molar-refractivity contribution < 1.29 is 9.30 Å². The van der Waals surface area contributed by atoms with Crippen LogP contribution in [0.5, 0.6) is 5.75 Å². The Labute approximate surface area is 229 Å². The van der Waals surface area contributed by atoms with E-state index in [1.807, 2.05) is 0 Å². The Morgan fingerprint density at radius 3 is 2.05 bits per heavy atom. The van der Waals surface area contributed by atoms with Crippen molar-refractivity contribution in [3.8, 4) is 17.1 Å². The predicted molar refractivity (Wildman–Crippen MR) is 156 cm³/mol. The lowest BCUT2D eigenvalue weighted by Crippen LogP contribution is -2.63. The van der Waals surface area contributed by atoms with Gasteiger partial charge in [-0.3, -0.25) is 0 Å². The van der Waals surface area contributed by atoms with Gasteiger partial charge in [0.25, 0.3) is 11.5 Å². The summed E-state index contributed by atoms with van der Waals surface area (Å²) >= 11 is 0. The lowest BCUT2D eigenvalue weighted by atomic mass is 9.59. The summed E-state index contributed by atoms with van der Waals surface area (Å²) in [5.41, 5.74) is 8.59. The highest BCUT2D eigenvalue weighted by atomic mass is 16.5. The first-order chi connectivity index (χ1) is 17.7. The Bertz CT molecular complexity index is 1530. The van der Waals surface area contributed by atoms with Crippen LogP contribution in [-0.4, -0.2) is 4.57 Å². The van der Waals surface area contributed by atoms with Gasteiger partial charge in [0.1, 0.15) is 16.9 Å². The fraction of sp³-hybridized carbons (Fsp3) is 0.629. The van der Waals surface area contributed by atoms with E-state index in [9.17, 15) is 0 Å². The minimum atomic E-state index is -0.291. The summed E-state index contributed by atoms with van der Waals surface area (Å²) in [6.07, 6.45) is 6.79. The van der Waals surface area contributed by atoms with Crippen LogP contribution < -0.4 is 9.30 Å². The van der Waals surface area contributed by atoms with E-state index >= 15 is 0 Å². The zero-order valence-electron chi connectivity index (χ0n) is 25.4. The van der Waals surface area contributed by atoms with Gasteiger partial charge in [-0.15, -0.1) is 0 Å². The predicted octanol–water partition coefficient (Wildman–Crippen LogP) is 8.62. The van der Waals surface area contributed by atoms with Crippen LogP contribution in [0.4, 0.5) is 0 Å². The van der Waals surface area contributed by atoms with E-state index in [4.69, 9.17) is 4.74 Å². The third kappa shape index (κ3) is 2.32. The Kier molecular flexibility index (Phi) is 4.48. The molecule has 7 rings (SSSR count). The summed E-state index contributed by atoms with van der Waals surface area (Å²) in [6, 6.07) is 12.1. The fourth-order valence-corrected chi connectivity index (χ4v) is 9.35. The Hall–Kier alpha value is -2.29. The number of ether oxygens (including phenoxy) is 1. The van der Waals surface area contributed by atoms with E-state index in [0.29, 0.717) is 0 Å². The van der Waals surface area contributed by atoms with E-state index in [1.165, 1.54) is 52.0 Å². The molecule has 0 bridgehead atoms. The van der Waals surface area contributed by atoms with Gasteiger partial charge in [0.2, 0.25) is 0 Å². The third-order valence-corrected chi connectivity index (χ3v) is 13.5. The molecule has 2 unspecified atom stereocenters. The summed E-state index contributed by atoms with van der Waals surface area (Å²) in [5, 5.41) is 0. The molecule has 4 aliphatic rings. The lowest BCUT2D eigenvalue weighted by Gasteiger charge is -2.49. The summed E-state index contributed by atoms with van der Waals surface area (Å²) in [5.74, 6) is 2.49. The molecule has 3 heteroatoms. The second-order valence-corrected chi connectivity index (χ2v) is 15.0. The van der Waals surface area contributed by atoms with Gasteiger partial charge in [0.15, 0.2) is 11.0 Å². The molecule has 1 fully saturated rings. The third-order valence-electron chi connectivity index (χ3n) is 13.5. The number of hydrogen-bond acceptors (Lipinski definition) is 1. The molecule has 2 atom stereocenters. The standard InChI is InChI=1S/C35H47N2O/c1-11-33(9)22-16-15-17-27-28(22)29-36(34(33,10)12-2)25-20-23-24(31(5,6)32(7,8)30(23,3)4)21-26(25)37(29)35(38-27)18-13-14-19-35/h15-17,20-21H,11-14,18-19H2,1-10H3/q+1. The van der Waals surface area contributed by atoms with Crippen LogP contribution in [0.2, 0.25) is 0 Å². The molecule has 202 valence electrons. The van der Waals surface area contributed by atoms with Crippen molar-refractivity contribution in [1.29, 1.82) is 0 Å². The highest BCUT2D eigenvalue weighted by Crippen LogP contribution is 2.64. The Morgan fingerprint density at radius 2 is 1.45 bits per heavy atom. The van der Waals surface area contributed by atoms with Gasteiger partial charge < -0.3 is 4.74 Å². The van der Waals surface area contributed by atoms with Gasteiger partial charge in [-0.25, -0.2) is 4.57 Å². The zero-order chi connectivity index (χ0) is 27.3. The van der Waals surface area contributed by atoms with E-state index < -0.39 is 0 Å². The highest BCUT2D eigenvalue weighted by Gasteiger charge is 2.63. The first kappa shape index (κ1) is 24.7. The van der Waals surface area contributed by atoms with Crippen molar-refractivity contribution in [3.63, 3.8) is 0 Å². The van der Waals surface area contributed by atoms with Crippen molar-refractivity contribution in [3.05, 3.63) is 47.0 Å². The van der Waals surface area contributed by atoms with E-state index in [-0.39, 0.29) is 32.9 Å². The van der Waals surface area contributed by atoms with E-state index in [1.54, 1.807) is 0 Å².